The Balaban J connectivity index is 0.00000400. The van der Waals surface area contributed by atoms with Gasteiger partial charge in [0.1, 0.15) is 5.97 Å². The smallest absolute Gasteiger partial charge is 0.541 e. The summed E-state index contributed by atoms with van der Waals surface area (Å²) in [6.45, 7) is 2.78. The summed E-state index contributed by atoms with van der Waals surface area (Å²) in [7, 11) is 0. The number of nitrogens with zero attached hydrogens (tertiary/aromatic N) is 4. The monoisotopic (exact) mass is 388 g/mol. The third-order valence-electron chi connectivity index (χ3n) is 3.44. The topological polar surface area (TPSA) is 83.7 Å². The first-order valence-electron chi connectivity index (χ1n) is 7.73. The van der Waals surface area contributed by atoms with Crippen LogP contribution in [0.3, 0.4) is 0 Å². The van der Waals surface area contributed by atoms with Crippen LogP contribution in [0.1, 0.15) is 81.8 Å². The molecule has 6 nitrogen and oxygen atoms in total. The van der Waals surface area contributed by atoms with Gasteiger partial charge >= 0.3 is 22.4 Å². The quantitative estimate of drug-likeness (QED) is 0.403. The van der Waals surface area contributed by atoms with E-state index in [0.717, 1.165) is 12.8 Å². The fourth-order valence-corrected chi connectivity index (χ4v) is 2.25. The van der Waals surface area contributed by atoms with Crippen molar-refractivity contribution in [3.05, 3.63) is 5.82 Å². The van der Waals surface area contributed by atoms with Gasteiger partial charge in [-0.05, 0) is 16.8 Å². The van der Waals surface area contributed by atoms with Crippen molar-refractivity contribution in [3.63, 3.8) is 0 Å². The standard InChI is InChI=1S/C14H26N4O2.Ag/c1-2-3-4-5-6-7-8-9-10-11-12-18-13(14(19)20)15-16-17-18;/h2-12H2,1H3,(H,19,20);/q;+1/p-1. The number of tetrazole rings is 1. The summed E-state index contributed by atoms with van der Waals surface area (Å²) in [5, 5.41) is 21.1. The van der Waals surface area contributed by atoms with Crippen LogP contribution in [0.15, 0.2) is 0 Å². The van der Waals surface area contributed by atoms with Gasteiger partial charge in [-0.1, -0.05) is 64.7 Å². The fraction of sp³-hybridized carbons (Fsp3) is 0.857. The van der Waals surface area contributed by atoms with E-state index in [1.54, 1.807) is 0 Å². The zero-order valence-corrected chi connectivity index (χ0v) is 14.2. The molecule has 0 bridgehead atoms. The van der Waals surface area contributed by atoms with E-state index in [0.29, 0.717) is 6.54 Å². The van der Waals surface area contributed by atoms with Crippen molar-refractivity contribution in [2.24, 2.45) is 0 Å². The van der Waals surface area contributed by atoms with Crippen LogP contribution in [0.2, 0.25) is 0 Å². The van der Waals surface area contributed by atoms with Gasteiger partial charge in [-0.25, -0.2) is 4.68 Å². The van der Waals surface area contributed by atoms with Gasteiger partial charge in [0.25, 0.3) is 0 Å². The number of carbonyl (C=O) groups is 1. The van der Waals surface area contributed by atoms with Gasteiger partial charge in [0.15, 0.2) is 5.82 Å². The molecule has 0 aliphatic rings. The average molecular weight is 389 g/mol. The molecule has 1 aromatic heterocycles. The molecule has 7 heteroatoms. The number of aromatic carboxylic acids is 1. The molecule has 1 heterocycles. The number of hydrogen-bond donors (Lipinski definition) is 0. The largest absolute Gasteiger partial charge is 1.00 e. The molecule has 21 heavy (non-hydrogen) atoms. The summed E-state index contributed by atoms with van der Waals surface area (Å²) in [5.74, 6) is -1.50. The van der Waals surface area contributed by atoms with Crippen molar-refractivity contribution in [1.82, 2.24) is 20.2 Å². The Hall–Kier alpha value is -0.720. The Morgan fingerprint density at radius 3 is 2.05 bits per heavy atom. The van der Waals surface area contributed by atoms with Crippen molar-refractivity contribution in [3.8, 4) is 0 Å². The van der Waals surface area contributed by atoms with Crippen molar-refractivity contribution < 1.29 is 32.3 Å². The van der Waals surface area contributed by atoms with E-state index in [9.17, 15) is 9.90 Å². The van der Waals surface area contributed by atoms with E-state index in [4.69, 9.17) is 0 Å². The number of aromatic nitrogens is 4. The third-order valence-corrected chi connectivity index (χ3v) is 3.44. The summed E-state index contributed by atoms with van der Waals surface area (Å²) in [6, 6.07) is 0. The molecule has 0 spiro atoms. The minimum absolute atomic E-state index is 0. The fourth-order valence-electron chi connectivity index (χ4n) is 2.25. The summed E-state index contributed by atoms with van der Waals surface area (Å²) in [4.78, 5) is 10.7. The minimum Gasteiger partial charge on any atom is -0.541 e. The Morgan fingerprint density at radius 2 is 1.52 bits per heavy atom. The Bertz CT molecular complexity index is 385. The second-order valence-electron chi connectivity index (χ2n) is 5.20. The van der Waals surface area contributed by atoms with Gasteiger partial charge in [-0.3, -0.25) is 0 Å². The van der Waals surface area contributed by atoms with Gasteiger partial charge < -0.3 is 9.90 Å². The molecule has 0 aliphatic heterocycles. The van der Waals surface area contributed by atoms with Crippen molar-refractivity contribution in [2.75, 3.05) is 0 Å². The SMILES string of the molecule is CCCCCCCCCCCCn1nnnc1C(=O)[O-].[Ag+]. The Labute approximate surface area is 142 Å². The Kier molecular flexibility index (Phi) is 12.5. The van der Waals surface area contributed by atoms with E-state index in [1.165, 1.54) is 56.0 Å². The average Bonchev–Trinajstić information content (AvgIpc) is 2.89. The van der Waals surface area contributed by atoms with Gasteiger partial charge in [-0.15, -0.1) is 5.10 Å². The number of rotatable bonds is 12. The first kappa shape index (κ1) is 20.3. The molecule has 0 saturated carbocycles. The molecule has 1 rings (SSSR count). The van der Waals surface area contributed by atoms with E-state index < -0.39 is 5.97 Å². The molecule has 0 fully saturated rings. The van der Waals surface area contributed by atoms with Crippen LogP contribution in [-0.4, -0.2) is 26.2 Å². The maximum Gasteiger partial charge on any atom is 1.00 e. The summed E-state index contributed by atoms with van der Waals surface area (Å²) < 4.78 is 1.31. The van der Waals surface area contributed by atoms with Crippen LogP contribution in [0, 0.1) is 0 Å². The molecule has 0 saturated heterocycles. The van der Waals surface area contributed by atoms with E-state index in [1.807, 2.05) is 0 Å². The first-order valence-corrected chi connectivity index (χ1v) is 7.73. The Morgan fingerprint density at radius 1 is 1.00 bits per heavy atom. The minimum atomic E-state index is -1.32. The molecule has 0 N–H and O–H groups in total. The number of carbonyl (C=O) groups excluding carboxylic acids is 1. The second kappa shape index (κ2) is 13.0. The van der Waals surface area contributed by atoms with Gasteiger partial charge in [0, 0.05) is 6.54 Å². The molecule has 0 aliphatic carbocycles. The van der Waals surface area contributed by atoms with E-state index in [2.05, 4.69) is 22.4 Å². The molecular weight excluding hydrogens is 364 g/mol. The van der Waals surface area contributed by atoms with Crippen LogP contribution < -0.4 is 5.11 Å². The number of carboxylic acids is 1. The third kappa shape index (κ3) is 9.01. The van der Waals surface area contributed by atoms with Crippen molar-refractivity contribution in [2.45, 2.75) is 77.7 Å². The van der Waals surface area contributed by atoms with Crippen LogP contribution in [0.25, 0.3) is 0 Å². The van der Waals surface area contributed by atoms with Crippen LogP contribution in [0.4, 0.5) is 0 Å². The van der Waals surface area contributed by atoms with Gasteiger partial charge in [-0.2, -0.15) is 0 Å². The molecule has 1 aromatic rings. The number of carboxylic acid groups (broad SMARTS) is 1. The zero-order chi connectivity index (χ0) is 14.6. The van der Waals surface area contributed by atoms with Crippen LogP contribution >= 0.6 is 0 Å². The zero-order valence-electron chi connectivity index (χ0n) is 12.7. The van der Waals surface area contributed by atoms with Crippen molar-refractivity contribution in [1.29, 1.82) is 0 Å². The van der Waals surface area contributed by atoms with Crippen molar-refractivity contribution >= 4 is 5.97 Å². The number of aryl methyl sites for hydroxylation is 1. The molecule has 0 atom stereocenters. The van der Waals surface area contributed by atoms with E-state index >= 15 is 0 Å². The number of unbranched alkanes of at least 4 members (excludes halogenated alkanes) is 9. The molecule has 0 aromatic carbocycles. The summed E-state index contributed by atoms with van der Waals surface area (Å²) >= 11 is 0. The molecular formula is C14H25AgN4O2. The van der Waals surface area contributed by atoms with Crippen LogP contribution in [-0.2, 0) is 28.9 Å². The first-order chi connectivity index (χ1) is 9.75. The normalized spacial score (nSPS) is 10.3. The maximum atomic E-state index is 10.7. The van der Waals surface area contributed by atoms with E-state index in [-0.39, 0.29) is 28.2 Å². The number of hydrogen-bond acceptors (Lipinski definition) is 5. The van der Waals surface area contributed by atoms with Gasteiger partial charge in [0.05, 0.1) is 0 Å². The summed E-state index contributed by atoms with van der Waals surface area (Å²) in [5.41, 5.74) is 0. The summed E-state index contributed by atoms with van der Waals surface area (Å²) in [6.07, 6.45) is 12.4. The predicted molar refractivity (Wildman–Crippen MR) is 74.0 cm³/mol. The molecule has 124 valence electrons. The van der Waals surface area contributed by atoms with Gasteiger partial charge in [0.2, 0.25) is 0 Å². The maximum absolute atomic E-state index is 10.7. The molecule has 0 amide bonds. The molecule has 0 unspecified atom stereocenters. The second-order valence-corrected chi connectivity index (χ2v) is 5.20. The van der Waals surface area contributed by atoms with Crippen LogP contribution in [0.5, 0.6) is 0 Å². The molecule has 0 radical (unpaired) electrons. The predicted octanol–water partition coefficient (Wildman–Crippen LogP) is 1.95.